The van der Waals surface area contributed by atoms with Gasteiger partial charge in [0.2, 0.25) is 0 Å². The Balaban J connectivity index is 2.55. The van der Waals surface area contributed by atoms with Crippen molar-refractivity contribution in [1.82, 2.24) is 10.2 Å². The third-order valence-electron chi connectivity index (χ3n) is 3.23. The van der Waals surface area contributed by atoms with E-state index in [0.29, 0.717) is 5.92 Å². The minimum absolute atomic E-state index is 0.108. The standard InChI is InChI=1S/C17H30N2O/c1-7-8-19(17(4,5)6)12-16-9-15(13-20-16)11-18-10-14(2)3/h7,9,13-14,18H,1,8,10-12H2,2-6H3. The second-order valence-electron chi connectivity index (χ2n) is 6.79. The van der Waals surface area contributed by atoms with Crippen molar-refractivity contribution >= 4 is 0 Å². The van der Waals surface area contributed by atoms with E-state index in [1.54, 1.807) is 0 Å². The predicted molar refractivity (Wildman–Crippen MR) is 85.6 cm³/mol. The van der Waals surface area contributed by atoms with E-state index in [4.69, 9.17) is 4.42 Å². The zero-order valence-electron chi connectivity index (χ0n) is 13.7. The second-order valence-corrected chi connectivity index (χ2v) is 6.79. The van der Waals surface area contributed by atoms with Gasteiger partial charge in [0.05, 0.1) is 12.8 Å². The molecule has 0 aliphatic rings. The maximum absolute atomic E-state index is 5.68. The number of rotatable bonds is 8. The summed E-state index contributed by atoms with van der Waals surface area (Å²) in [5.74, 6) is 1.69. The molecule has 1 rings (SSSR count). The summed E-state index contributed by atoms with van der Waals surface area (Å²) in [5.41, 5.74) is 1.32. The van der Waals surface area contributed by atoms with Crippen LogP contribution in [0.25, 0.3) is 0 Å². The van der Waals surface area contributed by atoms with Crippen molar-refractivity contribution in [3.63, 3.8) is 0 Å². The molecule has 0 bridgehead atoms. The van der Waals surface area contributed by atoms with Crippen molar-refractivity contribution in [3.05, 3.63) is 36.3 Å². The molecule has 0 amide bonds. The molecular formula is C17H30N2O. The summed E-state index contributed by atoms with van der Waals surface area (Å²) in [6, 6.07) is 2.15. The van der Waals surface area contributed by atoms with Crippen molar-refractivity contribution in [2.75, 3.05) is 13.1 Å². The summed E-state index contributed by atoms with van der Waals surface area (Å²) < 4.78 is 5.68. The minimum Gasteiger partial charge on any atom is -0.468 e. The molecule has 0 spiro atoms. The highest BCUT2D eigenvalue weighted by Crippen LogP contribution is 2.18. The number of hydrogen-bond donors (Lipinski definition) is 1. The molecule has 0 atom stereocenters. The first-order chi connectivity index (χ1) is 9.32. The molecule has 0 aliphatic heterocycles. The Morgan fingerprint density at radius 3 is 2.65 bits per heavy atom. The SMILES string of the molecule is C=CCN(Cc1cc(CNCC(C)C)co1)C(C)(C)C. The Bertz CT molecular complexity index is 401. The summed E-state index contributed by atoms with van der Waals surface area (Å²) in [7, 11) is 0. The van der Waals surface area contributed by atoms with Gasteiger partial charge in [0.25, 0.3) is 0 Å². The van der Waals surface area contributed by atoms with Crippen LogP contribution in [-0.4, -0.2) is 23.5 Å². The summed E-state index contributed by atoms with van der Waals surface area (Å²) in [5, 5.41) is 3.43. The van der Waals surface area contributed by atoms with Crippen LogP contribution in [0.2, 0.25) is 0 Å². The largest absolute Gasteiger partial charge is 0.468 e. The van der Waals surface area contributed by atoms with E-state index < -0.39 is 0 Å². The zero-order chi connectivity index (χ0) is 15.2. The van der Waals surface area contributed by atoms with Gasteiger partial charge in [-0.15, -0.1) is 6.58 Å². The smallest absolute Gasteiger partial charge is 0.118 e. The Kier molecular flexibility index (Phi) is 6.50. The first kappa shape index (κ1) is 17.0. The average Bonchev–Trinajstić information content (AvgIpc) is 2.74. The fourth-order valence-electron chi connectivity index (χ4n) is 2.03. The van der Waals surface area contributed by atoms with Gasteiger partial charge in [0.15, 0.2) is 0 Å². The zero-order valence-corrected chi connectivity index (χ0v) is 13.7. The van der Waals surface area contributed by atoms with Crippen LogP contribution in [0.1, 0.15) is 45.9 Å². The van der Waals surface area contributed by atoms with Gasteiger partial charge in [-0.1, -0.05) is 19.9 Å². The molecule has 0 unspecified atom stereocenters. The first-order valence-corrected chi connectivity index (χ1v) is 7.46. The van der Waals surface area contributed by atoms with Crippen LogP contribution in [0.4, 0.5) is 0 Å². The van der Waals surface area contributed by atoms with E-state index in [9.17, 15) is 0 Å². The monoisotopic (exact) mass is 278 g/mol. The van der Waals surface area contributed by atoms with E-state index in [0.717, 1.165) is 31.9 Å². The maximum Gasteiger partial charge on any atom is 0.118 e. The lowest BCUT2D eigenvalue weighted by Gasteiger charge is -2.34. The van der Waals surface area contributed by atoms with E-state index in [1.807, 2.05) is 12.3 Å². The van der Waals surface area contributed by atoms with Crippen molar-refractivity contribution in [1.29, 1.82) is 0 Å². The Morgan fingerprint density at radius 2 is 2.10 bits per heavy atom. The number of nitrogens with one attached hydrogen (secondary N) is 1. The van der Waals surface area contributed by atoms with Crippen LogP contribution in [0.15, 0.2) is 29.4 Å². The molecule has 1 heterocycles. The van der Waals surface area contributed by atoms with E-state index in [2.05, 4.69) is 57.5 Å². The Hall–Kier alpha value is -1.06. The van der Waals surface area contributed by atoms with Crippen molar-refractivity contribution in [3.8, 4) is 0 Å². The van der Waals surface area contributed by atoms with Crippen LogP contribution in [0, 0.1) is 5.92 Å². The van der Waals surface area contributed by atoms with Gasteiger partial charge in [-0.05, 0) is 39.3 Å². The van der Waals surface area contributed by atoms with E-state index >= 15 is 0 Å². The molecule has 3 heteroatoms. The molecule has 1 N–H and O–H groups in total. The number of hydrogen-bond acceptors (Lipinski definition) is 3. The molecule has 0 saturated carbocycles. The summed E-state index contributed by atoms with van der Waals surface area (Å²) >= 11 is 0. The highest BCUT2D eigenvalue weighted by atomic mass is 16.3. The van der Waals surface area contributed by atoms with Gasteiger partial charge in [-0.2, -0.15) is 0 Å². The molecule has 3 nitrogen and oxygen atoms in total. The van der Waals surface area contributed by atoms with Crippen molar-refractivity contribution in [2.24, 2.45) is 5.92 Å². The molecule has 20 heavy (non-hydrogen) atoms. The van der Waals surface area contributed by atoms with Crippen LogP contribution in [-0.2, 0) is 13.1 Å². The quantitative estimate of drug-likeness (QED) is 0.733. The topological polar surface area (TPSA) is 28.4 Å². The lowest BCUT2D eigenvalue weighted by atomic mass is 10.1. The lowest BCUT2D eigenvalue weighted by molar-refractivity contribution is 0.134. The van der Waals surface area contributed by atoms with Crippen LogP contribution >= 0.6 is 0 Å². The normalized spacial score (nSPS) is 12.3. The fourth-order valence-corrected chi connectivity index (χ4v) is 2.03. The summed E-state index contributed by atoms with van der Waals surface area (Å²) in [6.45, 7) is 18.5. The Labute approximate surface area is 124 Å². The van der Waals surface area contributed by atoms with Gasteiger partial charge in [-0.3, -0.25) is 4.90 Å². The molecule has 114 valence electrons. The Morgan fingerprint density at radius 1 is 1.40 bits per heavy atom. The van der Waals surface area contributed by atoms with Gasteiger partial charge in [-0.25, -0.2) is 0 Å². The molecule has 0 aliphatic carbocycles. The third-order valence-corrected chi connectivity index (χ3v) is 3.23. The predicted octanol–water partition coefficient (Wildman–Crippen LogP) is 3.81. The molecule has 0 saturated heterocycles. The van der Waals surface area contributed by atoms with E-state index in [-0.39, 0.29) is 5.54 Å². The molecule has 1 aromatic rings. The molecule has 0 aromatic carbocycles. The molecule has 0 radical (unpaired) electrons. The molecule has 0 fully saturated rings. The van der Waals surface area contributed by atoms with Crippen molar-refractivity contribution < 1.29 is 4.42 Å². The number of furan rings is 1. The van der Waals surface area contributed by atoms with E-state index in [1.165, 1.54) is 5.56 Å². The highest BCUT2D eigenvalue weighted by Gasteiger charge is 2.21. The van der Waals surface area contributed by atoms with Crippen LogP contribution in [0.3, 0.4) is 0 Å². The molecule has 1 aromatic heterocycles. The second kappa shape index (κ2) is 7.65. The minimum atomic E-state index is 0.108. The maximum atomic E-state index is 5.68. The van der Waals surface area contributed by atoms with Gasteiger partial charge in [0, 0.05) is 24.2 Å². The average molecular weight is 278 g/mol. The van der Waals surface area contributed by atoms with Gasteiger partial charge >= 0.3 is 0 Å². The number of nitrogens with zero attached hydrogens (tertiary/aromatic N) is 1. The fraction of sp³-hybridized carbons (Fsp3) is 0.647. The van der Waals surface area contributed by atoms with Crippen LogP contribution < -0.4 is 5.32 Å². The first-order valence-electron chi connectivity index (χ1n) is 7.46. The summed E-state index contributed by atoms with van der Waals surface area (Å²) in [6.07, 6.45) is 3.80. The third kappa shape index (κ3) is 5.93. The lowest BCUT2D eigenvalue weighted by Crippen LogP contribution is -2.40. The summed E-state index contributed by atoms with van der Waals surface area (Å²) in [4.78, 5) is 2.35. The highest BCUT2D eigenvalue weighted by molar-refractivity contribution is 5.13. The van der Waals surface area contributed by atoms with Gasteiger partial charge in [0.1, 0.15) is 5.76 Å². The van der Waals surface area contributed by atoms with Crippen molar-refractivity contribution in [2.45, 2.75) is 53.2 Å². The van der Waals surface area contributed by atoms with Crippen LogP contribution in [0.5, 0.6) is 0 Å². The van der Waals surface area contributed by atoms with Gasteiger partial charge < -0.3 is 9.73 Å². The molecular weight excluding hydrogens is 248 g/mol.